The summed E-state index contributed by atoms with van der Waals surface area (Å²) in [4.78, 5) is 11.4. The molecule has 20 heavy (non-hydrogen) atoms. The number of rotatable bonds is 4. The van der Waals surface area contributed by atoms with Gasteiger partial charge in [-0.3, -0.25) is 4.79 Å². The first-order valence-electron chi connectivity index (χ1n) is 6.48. The summed E-state index contributed by atoms with van der Waals surface area (Å²) in [5.74, 6) is -0.518. The van der Waals surface area contributed by atoms with Crippen molar-refractivity contribution in [3.8, 4) is 0 Å². The van der Waals surface area contributed by atoms with Crippen LogP contribution in [0.4, 0.5) is 4.39 Å². The first-order valence-corrected chi connectivity index (χ1v) is 6.86. The van der Waals surface area contributed by atoms with Gasteiger partial charge >= 0.3 is 0 Å². The van der Waals surface area contributed by atoms with Crippen molar-refractivity contribution in [2.24, 2.45) is 0 Å². The predicted molar refractivity (Wildman–Crippen MR) is 79.6 cm³/mol. The van der Waals surface area contributed by atoms with Crippen LogP contribution in [-0.2, 0) is 4.79 Å². The van der Waals surface area contributed by atoms with Crippen LogP contribution in [-0.4, -0.2) is 5.24 Å². The van der Waals surface area contributed by atoms with Crippen molar-refractivity contribution in [3.63, 3.8) is 0 Å². The second kappa shape index (κ2) is 6.19. The van der Waals surface area contributed by atoms with Crippen molar-refractivity contribution >= 4 is 16.8 Å². The zero-order valence-electron chi connectivity index (χ0n) is 11.5. The van der Waals surface area contributed by atoms with E-state index in [2.05, 4.69) is 0 Å². The molecule has 0 amide bonds. The van der Waals surface area contributed by atoms with Crippen molar-refractivity contribution in [3.05, 3.63) is 70.5 Å². The molecule has 0 aliphatic heterocycles. The summed E-state index contributed by atoms with van der Waals surface area (Å²) < 4.78 is 13.4. The van der Waals surface area contributed by atoms with E-state index < -0.39 is 5.24 Å². The van der Waals surface area contributed by atoms with Gasteiger partial charge in [-0.05, 0) is 54.3 Å². The SMILES string of the molecule is Cc1ccc(C)c(C(CC(=O)Cl)c2cccc(F)c2)c1. The van der Waals surface area contributed by atoms with Gasteiger partial charge in [0, 0.05) is 12.3 Å². The Morgan fingerprint density at radius 1 is 1.20 bits per heavy atom. The normalized spacial score (nSPS) is 12.2. The van der Waals surface area contributed by atoms with Crippen LogP contribution in [0.25, 0.3) is 0 Å². The van der Waals surface area contributed by atoms with Crippen molar-refractivity contribution in [1.29, 1.82) is 0 Å². The third-order valence-electron chi connectivity index (χ3n) is 3.43. The molecule has 0 aliphatic rings. The fraction of sp³-hybridized carbons (Fsp3) is 0.235. The zero-order chi connectivity index (χ0) is 14.7. The monoisotopic (exact) mass is 290 g/mol. The van der Waals surface area contributed by atoms with Gasteiger partial charge in [-0.1, -0.05) is 35.9 Å². The Morgan fingerprint density at radius 2 is 1.95 bits per heavy atom. The van der Waals surface area contributed by atoms with E-state index in [0.717, 1.165) is 22.3 Å². The molecule has 1 unspecified atom stereocenters. The van der Waals surface area contributed by atoms with Crippen LogP contribution >= 0.6 is 11.6 Å². The summed E-state index contributed by atoms with van der Waals surface area (Å²) >= 11 is 5.57. The highest BCUT2D eigenvalue weighted by Crippen LogP contribution is 2.32. The summed E-state index contributed by atoms with van der Waals surface area (Å²) in [7, 11) is 0. The van der Waals surface area contributed by atoms with Gasteiger partial charge in [0.25, 0.3) is 0 Å². The lowest BCUT2D eigenvalue weighted by Crippen LogP contribution is -2.07. The van der Waals surface area contributed by atoms with Gasteiger partial charge in [0.05, 0.1) is 0 Å². The molecule has 0 fully saturated rings. The van der Waals surface area contributed by atoms with Crippen molar-refractivity contribution in [1.82, 2.24) is 0 Å². The summed E-state index contributed by atoms with van der Waals surface area (Å²) in [6, 6.07) is 12.4. The number of halogens is 2. The maximum atomic E-state index is 13.4. The lowest BCUT2D eigenvalue weighted by atomic mass is 9.85. The van der Waals surface area contributed by atoms with Crippen molar-refractivity contribution < 1.29 is 9.18 Å². The molecule has 2 aromatic carbocycles. The van der Waals surface area contributed by atoms with E-state index in [9.17, 15) is 9.18 Å². The molecule has 0 bridgehead atoms. The van der Waals surface area contributed by atoms with Crippen LogP contribution in [0, 0.1) is 19.7 Å². The maximum Gasteiger partial charge on any atom is 0.222 e. The van der Waals surface area contributed by atoms with Crippen LogP contribution in [0.15, 0.2) is 42.5 Å². The lowest BCUT2D eigenvalue weighted by molar-refractivity contribution is -0.111. The average molecular weight is 291 g/mol. The number of carbonyl (C=O) groups excluding carboxylic acids is 1. The van der Waals surface area contributed by atoms with E-state index in [-0.39, 0.29) is 18.2 Å². The number of hydrogen-bond donors (Lipinski definition) is 0. The van der Waals surface area contributed by atoms with Crippen LogP contribution in [0.2, 0.25) is 0 Å². The molecule has 0 heterocycles. The third-order valence-corrected chi connectivity index (χ3v) is 3.58. The minimum absolute atomic E-state index is 0.162. The number of benzene rings is 2. The molecular weight excluding hydrogens is 275 g/mol. The average Bonchev–Trinajstić information content (AvgIpc) is 2.39. The van der Waals surface area contributed by atoms with E-state index in [1.54, 1.807) is 6.07 Å². The molecule has 2 rings (SSSR count). The third kappa shape index (κ3) is 3.45. The number of carbonyl (C=O) groups is 1. The van der Waals surface area contributed by atoms with Gasteiger partial charge in [-0.2, -0.15) is 0 Å². The van der Waals surface area contributed by atoms with E-state index in [1.165, 1.54) is 12.1 Å². The quantitative estimate of drug-likeness (QED) is 0.744. The Labute approximate surface area is 123 Å². The minimum atomic E-state index is -0.417. The Kier molecular flexibility index (Phi) is 4.56. The molecule has 1 atom stereocenters. The van der Waals surface area contributed by atoms with Gasteiger partial charge in [0.15, 0.2) is 0 Å². The van der Waals surface area contributed by atoms with Crippen molar-refractivity contribution in [2.45, 2.75) is 26.2 Å². The molecule has 0 spiro atoms. The molecule has 0 N–H and O–H groups in total. The Balaban J connectivity index is 2.52. The molecule has 0 saturated heterocycles. The Morgan fingerprint density at radius 3 is 2.60 bits per heavy atom. The van der Waals surface area contributed by atoms with E-state index in [1.807, 2.05) is 38.1 Å². The largest absolute Gasteiger partial charge is 0.281 e. The van der Waals surface area contributed by atoms with Crippen LogP contribution in [0.1, 0.15) is 34.6 Å². The second-order valence-corrected chi connectivity index (χ2v) is 5.45. The Bertz CT molecular complexity index is 637. The molecular formula is C17H16ClFO. The smallest absolute Gasteiger partial charge is 0.222 e. The summed E-state index contributed by atoms with van der Waals surface area (Å²) in [5, 5.41) is -0.417. The second-order valence-electron chi connectivity index (χ2n) is 5.03. The van der Waals surface area contributed by atoms with Crippen LogP contribution < -0.4 is 0 Å². The van der Waals surface area contributed by atoms with Gasteiger partial charge in [0.2, 0.25) is 5.24 Å². The number of aryl methyl sites for hydroxylation is 2. The fourth-order valence-corrected chi connectivity index (χ4v) is 2.58. The van der Waals surface area contributed by atoms with Crippen LogP contribution in [0.5, 0.6) is 0 Å². The minimum Gasteiger partial charge on any atom is -0.281 e. The maximum absolute atomic E-state index is 13.4. The first-order chi connectivity index (χ1) is 9.47. The summed E-state index contributed by atoms with van der Waals surface area (Å²) in [6.07, 6.45) is 0.162. The van der Waals surface area contributed by atoms with Crippen LogP contribution in [0.3, 0.4) is 0 Å². The van der Waals surface area contributed by atoms with E-state index >= 15 is 0 Å². The molecule has 2 aromatic rings. The topological polar surface area (TPSA) is 17.1 Å². The van der Waals surface area contributed by atoms with Gasteiger partial charge in [0.1, 0.15) is 5.82 Å². The van der Waals surface area contributed by atoms with Gasteiger partial charge in [-0.15, -0.1) is 0 Å². The number of hydrogen-bond acceptors (Lipinski definition) is 1. The van der Waals surface area contributed by atoms with Gasteiger partial charge < -0.3 is 0 Å². The Hall–Kier alpha value is -1.67. The standard InChI is InChI=1S/C17H16ClFO/c1-11-6-7-12(2)15(8-11)16(10-17(18)20)13-4-3-5-14(19)9-13/h3-9,16H,10H2,1-2H3. The zero-order valence-corrected chi connectivity index (χ0v) is 12.2. The molecule has 1 nitrogen and oxygen atoms in total. The molecule has 0 aromatic heterocycles. The molecule has 0 aliphatic carbocycles. The summed E-state index contributed by atoms with van der Waals surface area (Å²) in [6.45, 7) is 3.98. The van der Waals surface area contributed by atoms with E-state index in [0.29, 0.717) is 0 Å². The molecule has 104 valence electrons. The highest BCUT2D eigenvalue weighted by molar-refractivity contribution is 6.63. The fourth-order valence-electron chi connectivity index (χ4n) is 2.43. The highest BCUT2D eigenvalue weighted by atomic mass is 35.5. The predicted octanol–water partition coefficient (Wildman–Crippen LogP) is 4.73. The van der Waals surface area contributed by atoms with Crippen molar-refractivity contribution in [2.75, 3.05) is 0 Å². The van der Waals surface area contributed by atoms with E-state index in [4.69, 9.17) is 11.6 Å². The summed E-state index contributed by atoms with van der Waals surface area (Å²) in [5.41, 5.74) is 3.97. The molecule has 0 saturated carbocycles. The first kappa shape index (κ1) is 14.7. The molecule has 3 heteroatoms. The molecule has 0 radical (unpaired) electrons. The highest BCUT2D eigenvalue weighted by Gasteiger charge is 2.19. The lowest BCUT2D eigenvalue weighted by Gasteiger charge is -2.19. The van der Waals surface area contributed by atoms with Gasteiger partial charge in [-0.25, -0.2) is 4.39 Å².